The summed E-state index contributed by atoms with van der Waals surface area (Å²) in [7, 11) is 2.32. The van der Waals surface area contributed by atoms with Crippen LogP contribution in [0, 0.1) is 6.92 Å². The number of hydrogen-bond donors (Lipinski definition) is 1. The van der Waals surface area contributed by atoms with E-state index in [2.05, 4.69) is 58.3 Å². The van der Waals surface area contributed by atoms with E-state index in [4.69, 9.17) is 0 Å². The summed E-state index contributed by atoms with van der Waals surface area (Å²) in [5, 5.41) is 3.79. The second-order valence-electron chi connectivity index (χ2n) is 6.55. The quantitative estimate of drug-likeness (QED) is 0.901. The van der Waals surface area contributed by atoms with Crippen molar-refractivity contribution >= 4 is 15.9 Å². The SMILES string of the molecule is Cc1ccc(CNC2CC3CCCC(C2)N3C)c(Br)c1. The van der Waals surface area contributed by atoms with Gasteiger partial charge in [0.1, 0.15) is 0 Å². The Morgan fingerprint density at radius 2 is 1.95 bits per heavy atom. The van der Waals surface area contributed by atoms with Crippen LogP contribution < -0.4 is 5.32 Å². The standard InChI is InChI=1S/C17H25BrN2/c1-12-6-7-13(17(18)8-12)11-19-14-9-15-4-3-5-16(10-14)20(15)2/h6-8,14-16,19H,3-5,9-11H2,1-2H3. The van der Waals surface area contributed by atoms with Gasteiger partial charge in [-0.1, -0.05) is 34.5 Å². The molecule has 2 saturated heterocycles. The van der Waals surface area contributed by atoms with Gasteiger partial charge in [0.05, 0.1) is 0 Å². The molecule has 0 aliphatic carbocycles. The van der Waals surface area contributed by atoms with Crippen LogP contribution in [0.3, 0.4) is 0 Å². The van der Waals surface area contributed by atoms with Crippen molar-refractivity contribution in [2.24, 2.45) is 0 Å². The summed E-state index contributed by atoms with van der Waals surface area (Å²) in [6, 6.07) is 8.95. The Morgan fingerprint density at radius 1 is 1.25 bits per heavy atom. The molecule has 2 aliphatic heterocycles. The fraction of sp³-hybridized carbons (Fsp3) is 0.647. The highest BCUT2D eigenvalue weighted by Gasteiger charge is 2.35. The lowest BCUT2D eigenvalue weighted by Gasteiger charge is -2.47. The number of nitrogens with zero attached hydrogens (tertiary/aromatic N) is 1. The van der Waals surface area contributed by atoms with E-state index in [-0.39, 0.29) is 0 Å². The molecule has 0 saturated carbocycles. The van der Waals surface area contributed by atoms with Crippen molar-refractivity contribution < 1.29 is 0 Å². The second kappa shape index (κ2) is 6.17. The van der Waals surface area contributed by atoms with Gasteiger partial charge in [0.15, 0.2) is 0 Å². The van der Waals surface area contributed by atoms with Gasteiger partial charge in [0.2, 0.25) is 0 Å². The molecule has 20 heavy (non-hydrogen) atoms. The summed E-state index contributed by atoms with van der Waals surface area (Å²) in [5.74, 6) is 0. The number of rotatable bonds is 3. The van der Waals surface area contributed by atoms with Gasteiger partial charge in [-0.05, 0) is 56.8 Å². The van der Waals surface area contributed by atoms with Crippen molar-refractivity contribution in [2.45, 2.75) is 63.7 Å². The number of hydrogen-bond acceptors (Lipinski definition) is 2. The van der Waals surface area contributed by atoms with Gasteiger partial charge in [-0.15, -0.1) is 0 Å². The first-order chi connectivity index (χ1) is 9.63. The number of halogens is 1. The smallest absolute Gasteiger partial charge is 0.0222 e. The maximum Gasteiger partial charge on any atom is 0.0222 e. The molecule has 3 rings (SSSR count). The predicted octanol–water partition coefficient (Wildman–Crippen LogP) is 3.86. The monoisotopic (exact) mass is 336 g/mol. The number of aryl methyl sites for hydroxylation is 1. The van der Waals surface area contributed by atoms with Gasteiger partial charge < -0.3 is 10.2 Å². The molecule has 1 aromatic rings. The highest BCUT2D eigenvalue weighted by atomic mass is 79.9. The van der Waals surface area contributed by atoms with Crippen LogP contribution in [-0.4, -0.2) is 30.1 Å². The van der Waals surface area contributed by atoms with Gasteiger partial charge in [0.25, 0.3) is 0 Å². The molecule has 2 fully saturated rings. The van der Waals surface area contributed by atoms with Crippen LogP contribution in [-0.2, 0) is 6.54 Å². The van der Waals surface area contributed by atoms with Gasteiger partial charge in [-0.3, -0.25) is 0 Å². The molecule has 2 nitrogen and oxygen atoms in total. The Balaban J connectivity index is 1.59. The average Bonchev–Trinajstić information content (AvgIpc) is 2.38. The highest BCUT2D eigenvalue weighted by Crippen LogP contribution is 2.32. The summed E-state index contributed by atoms with van der Waals surface area (Å²) >= 11 is 3.68. The van der Waals surface area contributed by atoms with E-state index in [0.29, 0.717) is 6.04 Å². The minimum absolute atomic E-state index is 0.690. The zero-order valence-electron chi connectivity index (χ0n) is 12.5. The fourth-order valence-electron chi connectivity index (χ4n) is 3.83. The molecule has 2 atom stereocenters. The largest absolute Gasteiger partial charge is 0.310 e. The molecule has 0 radical (unpaired) electrons. The summed E-state index contributed by atoms with van der Waals surface area (Å²) in [4.78, 5) is 2.63. The Bertz CT molecular complexity index is 460. The molecule has 1 N–H and O–H groups in total. The van der Waals surface area contributed by atoms with Crippen molar-refractivity contribution in [1.29, 1.82) is 0 Å². The van der Waals surface area contributed by atoms with Crippen molar-refractivity contribution in [3.63, 3.8) is 0 Å². The Morgan fingerprint density at radius 3 is 2.60 bits per heavy atom. The molecule has 2 aliphatic rings. The first-order valence-electron chi connectivity index (χ1n) is 7.84. The average molecular weight is 337 g/mol. The van der Waals surface area contributed by atoms with E-state index in [1.54, 1.807) is 0 Å². The van der Waals surface area contributed by atoms with Crippen molar-refractivity contribution in [2.75, 3.05) is 7.05 Å². The number of fused-ring (bicyclic) bond motifs is 2. The van der Waals surface area contributed by atoms with E-state index in [1.165, 1.54) is 47.7 Å². The molecule has 0 aromatic heterocycles. The first kappa shape index (κ1) is 14.6. The zero-order chi connectivity index (χ0) is 14.1. The Hall–Kier alpha value is -0.380. The molecule has 2 heterocycles. The zero-order valence-corrected chi connectivity index (χ0v) is 14.1. The lowest BCUT2D eigenvalue weighted by atomic mass is 9.82. The van der Waals surface area contributed by atoms with Crippen LogP contribution in [0.2, 0.25) is 0 Å². The van der Waals surface area contributed by atoms with Crippen LogP contribution in [0.1, 0.15) is 43.2 Å². The van der Waals surface area contributed by atoms with Crippen LogP contribution >= 0.6 is 15.9 Å². The second-order valence-corrected chi connectivity index (χ2v) is 7.40. The van der Waals surface area contributed by atoms with Crippen LogP contribution in [0.4, 0.5) is 0 Å². The highest BCUT2D eigenvalue weighted by molar-refractivity contribution is 9.10. The molecule has 0 spiro atoms. The molecule has 2 bridgehead atoms. The topological polar surface area (TPSA) is 15.3 Å². The minimum atomic E-state index is 0.690. The maximum absolute atomic E-state index is 3.79. The van der Waals surface area contributed by atoms with Crippen molar-refractivity contribution in [1.82, 2.24) is 10.2 Å². The molecule has 3 heteroatoms. The molecule has 1 aromatic carbocycles. The third kappa shape index (κ3) is 3.10. The van der Waals surface area contributed by atoms with E-state index >= 15 is 0 Å². The van der Waals surface area contributed by atoms with Gasteiger partial charge in [-0.25, -0.2) is 0 Å². The van der Waals surface area contributed by atoms with Gasteiger partial charge in [0, 0.05) is 29.1 Å². The normalized spacial score (nSPS) is 30.4. The Labute approximate surface area is 131 Å². The molecule has 0 amide bonds. The van der Waals surface area contributed by atoms with E-state index in [0.717, 1.165) is 18.6 Å². The molecular weight excluding hydrogens is 312 g/mol. The maximum atomic E-state index is 3.79. The first-order valence-corrected chi connectivity index (χ1v) is 8.63. The summed E-state index contributed by atoms with van der Waals surface area (Å²) < 4.78 is 1.23. The predicted molar refractivity (Wildman–Crippen MR) is 87.9 cm³/mol. The van der Waals surface area contributed by atoms with Gasteiger partial charge >= 0.3 is 0 Å². The van der Waals surface area contributed by atoms with Crippen molar-refractivity contribution in [3.05, 3.63) is 33.8 Å². The lowest BCUT2D eigenvalue weighted by molar-refractivity contribution is 0.0482. The van der Waals surface area contributed by atoms with Crippen LogP contribution in [0.15, 0.2) is 22.7 Å². The molecule has 110 valence electrons. The summed E-state index contributed by atoms with van der Waals surface area (Å²) in [5.41, 5.74) is 2.69. The van der Waals surface area contributed by atoms with E-state index in [9.17, 15) is 0 Å². The number of nitrogens with one attached hydrogen (secondary N) is 1. The number of benzene rings is 1. The van der Waals surface area contributed by atoms with E-state index < -0.39 is 0 Å². The summed E-state index contributed by atoms with van der Waals surface area (Å²) in [6.45, 7) is 3.12. The van der Waals surface area contributed by atoms with Gasteiger partial charge in [-0.2, -0.15) is 0 Å². The lowest BCUT2D eigenvalue weighted by Crippen LogP contribution is -2.54. The minimum Gasteiger partial charge on any atom is -0.310 e. The summed E-state index contributed by atoms with van der Waals surface area (Å²) in [6.07, 6.45) is 6.83. The third-order valence-electron chi connectivity index (χ3n) is 5.13. The third-order valence-corrected chi connectivity index (χ3v) is 5.87. The van der Waals surface area contributed by atoms with Crippen LogP contribution in [0.5, 0.6) is 0 Å². The fourth-order valence-corrected chi connectivity index (χ4v) is 4.47. The molecule has 2 unspecified atom stereocenters. The molecular formula is C17H25BrN2. The van der Waals surface area contributed by atoms with E-state index in [1.807, 2.05) is 0 Å². The van der Waals surface area contributed by atoms with Crippen LogP contribution in [0.25, 0.3) is 0 Å². The van der Waals surface area contributed by atoms with Crippen molar-refractivity contribution in [3.8, 4) is 0 Å². The number of piperidine rings is 2. The Kier molecular flexibility index (Phi) is 4.49.